The van der Waals surface area contributed by atoms with E-state index >= 15 is 0 Å². The Morgan fingerprint density at radius 2 is 1.23 bits per heavy atom. The van der Waals surface area contributed by atoms with Crippen LogP contribution < -0.4 is 28.4 Å². The van der Waals surface area contributed by atoms with Gasteiger partial charge in [0.05, 0.1) is 53.9 Å². The van der Waals surface area contributed by atoms with E-state index in [1.54, 1.807) is 28.4 Å². The molecule has 0 aromatic heterocycles. The smallest absolute Gasteiger partial charge is 0.231 e. The van der Waals surface area contributed by atoms with Crippen LogP contribution in [0.3, 0.4) is 0 Å². The summed E-state index contributed by atoms with van der Waals surface area (Å²) in [6.45, 7) is 1.37. The maximum Gasteiger partial charge on any atom is 0.231 e. The van der Waals surface area contributed by atoms with Crippen molar-refractivity contribution in [3.05, 3.63) is 35.4 Å². The van der Waals surface area contributed by atoms with Crippen molar-refractivity contribution in [2.75, 3.05) is 48.4 Å². The van der Waals surface area contributed by atoms with Crippen molar-refractivity contribution < 1.29 is 37.9 Å². The van der Waals surface area contributed by atoms with Gasteiger partial charge in [-0.25, -0.2) is 0 Å². The number of ether oxygens (including phenoxy) is 8. The van der Waals surface area contributed by atoms with E-state index in [-0.39, 0.29) is 30.8 Å². The van der Waals surface area contributed by atoms with Gasteiger partial charge in [-0.3, -0.25) is 0 Å². The molecule has 2 fully saturated rings. The summed E-state index contributed by atoms with van der Waals surface area (Å²) < 4.78 is 45.6. The zero-order valence-electron chi connectivity index (χ0n) is 18.0. The Morgan fingerprint density at radius 1 is 0.677 bits per heavy atom. The molecule has 0 saturated carbocycles. The normalized spacial score (nSPS) is 25.9. The van der Waals surface area contributed by atoms with Crippen LogP contribution in [0.2, 0.25) is 0 Å². The largest absolute Gasteiger partial charge is 0.493 e. The van der Waals surface area contributed by atoms with E-state index in [0.29, 0.717) is 47.7 Å². The lowest BCUT2D eigenvalue weighted by atomic mass is 9.84. The lowest BCUT2D eigenvalue weighted by molar-refractivity contribution is 0.0190. The molecular weight excluding hydrogens is 404 g/mol. The maximum atomic E-state index is 6.26. The van der Waals surface area contributed by atoms with E-state index in [2.05, 4.69) is 0 Å². The molecule has 3 heterocycles. The third kappa shape index (κ3) is 3.21. The van der Waals surface area contributed by atoms with Crippen LogP contribution >= 0.6 is 0 Å². The highest BCUT2D eigenvalue weighted by molar-refractivity contribution is 5.56. The predicted octanol–water partition coefficient (Wildman–Crippen LogP) is 3.52. The molecule has 0 N–H and O–H groups in total. The molecule has 4 atom stereocenters. The number of benzene rings is 2. The molecule has 0 spiro atoms. The molecule has 166 valence electrons. The first kappa shape index (κ1) is 20.1. The Balaban J connectivity index is 1.44. The highest BCUT2D eigenvalue weighted by Gasteiger charge is 2.48. The van der Waals surface area contributed by atoms with Crippen molar-refractivity contribution in [3.8, 4) is 34.5 Å². The van der Waals surface area contributed by atoms with Gasteiger partial charge in [-0.15, -0.1) is 0 Å². The van der Waals surface area contributed by atoms with Crippen molar-refractivity contribution in [3.63, 3.8) is 0 Å². The molecular formula is C23H26O8. The summed E-state index contributed by atoms with van der Waals surface area (Å²) >= 11 is 0. The lowest BCUT2D eigenvalue weighted by Gasteiger charge is -2.20. The van der Waals surface area contributed by atoms with Crippen molar-refractivity contribution in [2.45, 2.75) is 12.2 Å². The average molecular weight is 430 g/mol. The first-order valence-corrected chi connectivity index (χ1v) is 10.2. The van der Waals surface area contributed by atoms with Gasteiger partial charge in [0.1, 0.15) is 0 Å². The van der Waals surface area contributed by atoms with Crippen molar-refractivity contribution in [2.24, 2.45) is 11.8 Å². The average Bonchev–Trinajstić information content (AvgIpc) is 3.53. The number of rotatable bonds is 6. The molecule has 2 aromatic rings. The molecule has 2 aromatic carbocycles. The van der Waals surface area contributed by atoms with Crippen LogP contribution in [0, 0.1) is 11.8 Å². The van der Waals surface area contributed by atoms with Gasteiger partial charge in [0, 0.05) is 11.8 Å². The molecule has 0 radical (unpaired) electrons. The molecule has 0 bridgehead atoms. The van der Waals surface area contributed by atoms with Crippen LogP contribution in [0.15, 0.2) is 24.3 Å². The topological polar surface area (TPSA) is 73.8 Å². The van der Waals surface area contributed by atoms with Crippen molar-refractivity contribution >= 4 is 0 Å². The van der Waals surface area contributed by atoms with Gasteiger partial charge >= 0.3 is 0 Å². The number of fused-ring (bicyclic) bond motifs is 2. The summed E-state index contributed by atoms with van der Waals surface area (Å²) in [7, 11) is 6.44. The molecule has 3 aliphatic heterocycles. The van der Waals surface area contributed by atoms with Gasteiger partial charge in [0.2, 0.25) is 18.3 Å². The molecule has 0 aliphatic carbocycles. The Morgan fingerprint density at radius 3 is 1.77 bits per heavy atom. The van der Waals surface area contributed by atoms with Crippen LogP contribution in [-0.2, 0) is 9.47 Å². The summed E-state index contributed by atoms with van der Waals surface area (Å²) in [5.74, 6) is 4.16. The minimum absolute atomic E-state index is 0.111. The highest BCUT2D eigenvalue weighted by atomic mass is 16.7. The van der Waals surface area contributed by atoms with E-state index in [1.807, 2.05) is 24.3 Å². The lowest BCUT2D eigenvalue weighted by Crippen LogP contribution is -2.15. The van der Waals surface area contributed by atoms with Crippen LogP contribution in [0.25, 0.3) is 0 Å². The monoisotopic (exact) mass is 430 g/mol. The zero-order valence-corrected chi connectivity index (χ0v) is 18.0. The Bertz CT molecular complexity index is 949. The number of hydrogen-bond donors (Lipinski definition) is 0. The third-order valence-corrected chi connectivity index (χ3v) is 6.29. The second-order valence-corrected chi connectivity index (χ2v) is 7.75. The standard InChI is InChI=1S/C23H26O8/c1-24-16-5-12(6-17(25-2)22(16)27-4)20-14-9-29-21(15(14)10-28-20)13-7-18(26-3)23-19(8-13)30-11-31-23/h5-8,14-15,20-21H,9-11H2,1-4H3/t14-,15+,20-,21+/m1/s1. The molecule has 0 amide bonds. The maximum absolute atomic E-state index is 6.26. The van der Waals surface area contributed by atoms with E-state index in [1.165, 1.54) is 0 Å². The summed E-state index contributed by atoms with van der Waals surface area (Å²) in [6.07, 6.45) is -0.236. The van der Waals surface area contributed by atoms with E-state index in [9.17, 15) is 0 Å². The van der Waals surface area contributed by atoms with Gasteiger partial charge < -0.3 is 37.9 Å². The fourth-order valence-electron chi connectivity index (χ4n) is 4.81. The van der Waals surface area contributed by atoms with E-state index < -0.39 is 0 Å². The second-order valence-electron chi connectivity index (χ2n) is 7.75. The van der Waals surface area contributed by atoms with Gasteiger partial charge in [-0.2, -0.15) is 0 Å². The third-order valence-electron chi connectivity index (χ3n) is 6.29. The van der Waals surface area contributed by atoms with Crippen molar-refractivity contribution in [1.82, 2.24) is 0 Å². The fraction of sp³-hybridized carbons (Fsp3) is 0.478. The summed E-state index contributed by atoms with van der Waals surface area (Å²) in [5.41, 5.74) is 1.98. The Hall–Kier alpha value is -2.84. The SMILES string of the molecule is COc1cc([C@H]2OC[C@H]3[C@H]2CO[C@H]3c2cc(OC)c3c(c2)OCO3)cc(OC)c1OC. The van der Waals surface area contributed by atoms with Gasteiger partial charge in [-0.05, 0) is 35.4 Å². The zero-order chi connectivity index (χ0) is 21.5. The first-order valence-electron chi connectivity index (χ1n) is 10.2. The molecule has 3 aliphatic rings. The van der Waals surface area contributed by atoms with Gasteiger partial charge in [-0.1, -0.05) is 0 Å². The van der Waals surface area contributed by atoms with E-state index in [4.69, 9.17) is 37.9 Å². The van der Waals surface area contributed by atoms with Crippen LogP contribution in [0.5, 0.6) is 34.5 Å². The van der Waals surface area contributed by atoms with Crippen LogP contribution in [0.1, 0.15) is 23.3 Å². The molecule has 31 heavy (non-hydrogen) atoms. The summed E-state index contributed by atoms with van der Waals surface area (Å²) in [4.78, 5) is 0. The molecule has 8 nitrogen and oxygen atoms in total. The molecule has 8 heteroatoms. The van der Waals surface area contributed by atoms with Crippen LogP contribution in [0.4, 0.5) is 0 Å². The number of methoxy groups -OCH3 is 4. The fourth-order valence-corrected chi connectivity index (χ4v) is 4.81. The number of hydrogen-bond acceptors (Lipinski definition) is 8. The summed E-state index contributed by atoms with van der Waals surface area (Å²) in [6, 6.07) is 7.84. The first-order chi connectivity index (χ1) is 15.2. The van der Waals surface area contributed by atoms with Gasteiger partial charge in [0.15, 0.2) is 23.0 Å². The van der Waals surface area contributed by atoms with Crippen molar-refractivity contribution in [1.29, 1.82) is 0 Å². The molecule has 0 unspecified atom stereocenters. The quantitative estimate of drug-likeness (QED) is 0.689. The molecule has 2 saturated heterocycles. The predicted molar refractivity (Wildman–Crippen MR) is 110 cm³/mol. The van der Waals surface area contributed by atoms with Crippen LogP contribution in [-0.4, -0.2) is 48.4 Å². The van der Waals surface area contributed by atoms with E-state index in [0.717, 1.165) is 11.1 Å². The van der Waals surface area contributed by atoms with Gasteiger partial charge in [0.25, 0.3) is 0 Å². The minimum Gasteiger partial charge on any atom is -0.493 e. The highest BCUT2D eigenvalue weighted by Crippen LogP contribution is 2.54. The molecule has 5 rings (SSSR count). The Labute approximate surface area is 180 Å². The minimum atomic E-state index is -0.125. The second kappa shape index (κ2) is 8.01. The Kier molecular flexibility index (Phi) is 5.19. The summed E-state index contributed by atoms with van der Waals surface area (Å²) in [5, 5.41) is 0.